The van der Waals surface area contributed by atoms with E-state index >= 15 is 0 Å². The molecule has 4 heteroatoms. The number of para-hydroxylation sites is 1. The number of fused-ring (bicyclic) bond motifs is 1. The molecule has 4 nitrogen and oxygen atoms in total. The highest BCUT2D eigenvalue weighted by Gasteiger charge is 2.24. The normalized spacial score (nSPS) is 21.6. The van der Waals surface area contributed by atoms with E-state index in [0.717, 1.165) is 25.2 Å². The van der Waals surface area contributed by atoms with Crippen LogP contribution in [0.15, 0.2) is 36.5 Å². The molecule has 0 amide bonds. The van der Waals surface area contributed by atoms with E-state index in [9.17, 15) is 0 Å². The minimum absolute atomic E-state index is 0.0518. The lowest BCUT2D eigenvalue weighted by Crippen LogP contribution is -2.49. The van der Waals surface area contributed by atoms with Gasteiger partial charge in [0.25, 0.3) is 0 Å². The topological polar surface area (TPSA) is 51.4 Å². The van der Waals surface area contributed by atoms with Crippen LogP contribution in [0.4, 0.5) is 5.69 Å². The minimum atomic E-state index is 0.0518. The monoisotopic (exact) mass is 257 g/mol. The van der Waals surface area contributed by atoms with Gasteiger partial charge in [-0.1, -0.05) is 18.2 Å². The molecule has 0 bridgehead atoms. The summed E-state index contributed by atoms with van der Waals surface area (Å²) in [5.74, 6) is 0. The van der Waals surface area contributed by atoms with Gasteiger partial charge >= 0.3 is 0 Å². The zero-order chi connectivity index (χ0) is 13.2. The van der Waals surface area contributed by atoms with Crippen LogP contribution in [0.25, 0.3) is 10.9 Å². The molecule has 1 aliphatic rings. The molecule has 2 aromatic rings. The van der Waals surface area contributed by atoms with E-state index in [1.165, 1.54) is 11.1 Å². The Bertz CT molecular complexity index is 565. The molecule has 1 aromatic heterocycles. The molecule has 2 unspecified atom stereocenters. The van der Waals surface area contributed by atoms with E-state index in [0.29, 0.717) is 0 Å². The van der Waals surface area contributed by atoms with Gasteiger partial charge in [-0.25, -0.2) is 0 Å². The summed E-state index contributed by atoms with van der Waals surface area (Å²) in [4.78, 5) is 6.76. The molecule has 0 radical (unpaired) electrons. The van der Waals surface area contributed by atoms with Crippen LogP contribution < -0.4 is 10.6 Å². The standard InChI is InChI=1S/C15H19N3O/c1-11(16)15-10-18(8-9-19-15)14-6-7-17-13-5-3-2-4-12(13)14/h2-7,11,15H,8-10,16H2,1H3. The SMILES string of the molecule is CC(N)C1CN(c2ccnc3ccccc23)CCO1. The van der Waals surface area contributed by atoms with Crippen LogP contribution in [-0.2, 0) is 4.74 Å². The number of pyridine rings is 1. The Kier molecular flexibility index (Phi) is 3.36. The van der Waals surface area contributed by atoms with Crippen LogP contribution in [0.2, 0.25) is 0 Å². The molecule has 1 saturated heterocycles. The van der Waals surface area contributed by atoms with Crippen LogP contribution in [0.5, 0.6) is 0 Å². The van der Waals surface area contributed by atoms with Gasteiger partial charge in [-0.15, -0.1) is 0 Å². The third-order valence-electron chi connectivity index (χ3n) is 3.65. The smallest absolute Gasteiger partial charge is 0.0898 e. The molecule has 19 heavy (non-hydrogen) atoms. The first-order valence-corrected chi connectivity index (χ1v) is 6.71. The maximum Gasteiger partial charge on any atom is 0.0898 e. The number of anilines is 1. The van der Waals surface area contributed by atoms with E-state index < -0.39 is 0 Å². The molecule has 2 heterocycles. The third-order valence-corrected chi connectivity index (χ3v) is 3.65. The van der Waals surface area contributed by atoms with Gasteiger partial charge in [0, 0.05) is 36.4 Å². The van der Waals surface area contributed by atoms with Crippen molar-refractivity contribution in [2.45, 2.75) is 19.1 Å². The fourth-order valence-electron chi connectivity index (χ4n) is 2.57. The number of aromatic nitrogens is 1. The number of ether oxygens (including phenoxy) is 1. The van der Waals surface area contributed by atoms with Gasteiger partial charge < -0.3 is 15.4 Å². The van der Waals surface area contributed by atoms with Crippen LogP contribution in [0, 0.1) is 0 Å². The fourth-order valence-corrected chi connectivity index (χ4v) is 2.57. The lowest BCUT2D eigenvalue weighted by molar-refractivity contribution is 0.0277. The van der Waals surface area contributed by atoms with E-state index in [2.05, 4.69) is 28.1 Å². The third kappa shape index (κ3) is 2.41. The number of nitrogens with zero attached hydrogens (tertiary/aromatic N) is 2. The largest absolute Gasteiger partial charge is 0.373 e. The van der Waals surface area contributed by atoms with Gasteiger partial charge in [0.05, 0.1) is 18.2 Å². The number of benzene rings is 1. The Morgan fingerprint density at radius 3 is 3.05 bits per heavy atom. The Morgan fingerprint density at radius 2 is 2.21 bits per heavy atom. The highest BCUT2D eigenvalue weighted by atomic mass is 16.5. The Morgan fingerprint density at radius 1 is 1.37 bits per heavy atom. The summed E-state index contributed by atoms with van der Waals surface area (Å²) >= 11 is 0. The molecule has 1 fully saturated rings. The minimum Gasteiger partial charge on any atom is -0.373 e. The molecule has 2 N–H and O–H groups in total. The molecule has 1 aromatic carbocycles. The number of rotatable bonds is 2. The second-order valence-electron chi connectivity index (χ2n) is 5.06. The molecule has 2 atom stereocenters. The van der Waals surface area contributed by atoms with E-state index in [-0.39, 0.29) is 12.1 Å². The van der Waals surface area contributed by atoms with Crippen molar-refractivity contribution in [3.05, 3.63) is 36.5 Å². The molecule has 0 spiro atoms. The summed E-state index contributed by atoms with van der Waals surface area (Å²) in [5, 5.41) is 1.19. The van der Waals surface area contributed by atoms with Crippen molar-refractivity contribution in [1.82, 2.24) is 4.98 Å². The van der Waals surface area contributed by atoms with Crippen LogP contribution in [0.3, 0.4) is 0 Å². The number of hydrogen-bond donors (Lipinski definition) is 1. The van der Waals surface area contributed by atoms with Crippen LogP contribution in [-0.4, -0.2) is 36.8 Å². The van der Waals surface area contributed by atoms with Crippen molar-refractivity contribution >= 4 is 16.6 Å². The Hall–Kier alpha value is -1.65. The first-order valence-electron chi connectivity index (χ1n) is 6.71. The second kappa shape index (κ2) is 5.15. The molecule has 0 saturated carbocycles. The van der Waals surface area contributed by atoms with E-state index in [1.807, 2.05) is 25.3 Å². The summed E-state index contributed by atoms with van der Waals surface area (Å²) in [6.45, 7) is 4.46. The summed E-state index contributed by atoms with van der Waals surface area (Å²) < 4.78 is 5.72. The van der Waals surface area contributed by atoms with Gasteiger partial charge in [-0.05, 0) is 19.1 Å². The van der Waals surface area contributed by atoms with Gasteiger partial charge in [0.1, 0.15) is 0 Å². The van der Waals surface area contributed by atoms with Crippen molar-refractivity contribution in [3.8, 4) is 0 Å². The van der Waals surface area contributed by atoms with Crippen molar-refractivity contribution in [2.24, 2.45) is 5.73 Å². The zero-order valence-electron chi connectivity index (χ0n) is 11.1. The molecule has 1 aliphatic heterocycles. The predicted molar refractivity (Wildman–Crippen MR) is 77.3 cm³/mol. The predicted octanol–water partition coefficient (Wildman–Crippen LogP) is 1.79. The quantitative estimate of drug-likeness (QED) is 0.891. The molecule has 3 rings (SSSR count). The fraction of sp³-hybridized carbons (Fsp3) is 0.400. The van der Waals surface area contributed by atoms with Crippen molar-refractivity contribution in [3.63, 3.8) is 0 Å². The number of nitrogens with two attached hydrogens (primary N) is 1. The maximum atomic E-state index is 5.96. The highest BCUT2D eigenvalue weighted by Crippen LogP contribution is 2.26. The lowest BCUT2D eigenvalue weighted by atomic mass is 10.1. The summed E-state index contributed by atoms with van der Waals surface area (Å²) in [6.07, 6.45) is 1.97. The Balaban J connectivity index is 1.95. The average molecular weight is 257 g/mol. The highest BCUT2D eigenvalue weighted by molar-refractivity contribution is 5.91. The molecule has 0 aliphatic carbocycles. The lowest BCUT2D eigenvalue weighted by Gasteiger charge is -2.36. The van der Waals surface area contributed by atoms with Gasteiger partial charge in [-0.3, -0.25) is 4.98 Å². The van der Waals surface area contributed by atoms with Gasteiger partial charge in [0.15, 0.2) is 0 Å². The summed E-state index contributed by atoms with van der Waals surface area (Å²) in [5.41, 5.74) is 8.21. The Labute approximate surface area is 113 Å². The summed E-state index contributed by atoms with van der Waals surface area (Å²) in [7, 11) is 0. The molecular weight excluding hydrogens is 238 g/mol. The van der Waals surface area contributed by atoms with Crippen molar-refractivity contribution < 1.29 is 4.74 Å². The van der Waals surface area contributed by atoms with E-state index in [4.69, 9.17) is 10.5 Å². The maximum absolute atomic E-state index is 5.96. The number of morpholine rings is 1. The van der Waals surface area contributed by atoms with Crippen LogP contribution in [0.1, 0.15) is 6.92 Å². The number of hydrogen-bond acceptors (Lipinski definition) is 4. The first-order chi connectivity index (χ1) is 9.25. The van der Waals surface area contributed by atoms with Gasteiger partial charge in [-0.2, -0.15) is 0 Å². The van der Waals surface area contributed by atoms with Crippen molar-refractivity contribution in [2.75, 3.05) is 24.6 Å². The average Bonchev–Trinajstić information content (AvgIpc) is 2.47. The van der Waals surface area contributed by atoms with Crippen molar-refractivity contribution in [1.29, 1.82) is 0 Å². The van der Waals surface area contributed by atoms with Crippen LogP contribution >= 0.6 is 0 Å². The second-order valence-corrected chi connectivity index (χ2v) is 5.06. The van der Waals surface area contributed by atoms with Gasteiger partial charge in [0.2, 0.25) is 0 Å². The molecule has 100 valence electrons. The first kappa shape index (κ1) is 12.4. The molecular formula is C15H19N3O. The van der Waals surface area contributed by atoms with E-state index in [1.54, 1.807) is 0 Å². The zero-order valence-corrected chi connectivity index (χ0v) is 11.1. The summed E-state index contributed by atoms with van der Waals surface area (Å²) in [6, 6.07) is 10.4.